The van der Waals surface area contributed by atoms with Crippen LogP contribution in [0.5, 0.6) is 0 Å². The average molecular weight is 721 g/mol. The molecule has 10 nitrogen and oxygen atoms in total. The van der Waals surface area contributed by atoms with Gasteiger partial charge in [0.05, 0.1) is 26.4 Å². The maximum absolute atomic E-state index is 10.7. The summed E-state index contributed by atoms with van der Waals surface area (Å²) in [4.78, 5) is 52.1. The van der Waals surface area contributed by atoms with Crippen LogP contribution in [0.2, 0.25) is 0 Å². The van der Waals surface area contributed by atoms with Crippen LogP contribution < -0.4 is 0 Å². The smallest absolute Gasteiger partial charge is 0.305 e. The Balaban J connectivity index is -0.000000169. The maximum Gasteiger partial charge on any atom is 0.305 e. The lowest BCUT2D eigenvalue weighted by Gasteiger charge is -2.12. The number of rotatable bonds is 22. The average Bonchev–Trinajstić information content (AvgIpc) is 3.05. The number of hydrogen-bond acceptors (Lipinski definition) is 10. The third-order valence-electron chi connectivity index (χ3n) is 7.21. The van der Waals surface area contributed by atoms with Gasteiger partial charge in [0.25, 0.3) is 0 Å². The molecule has 300 valence electrons. The number of unbranched alkanes of at least 4 members (excludes halogenated alkanes) is 4. The van der Waals surface area contributed by atoms with E-state index in [1.165, 1.54) is 47.0 Å². The van der Waals surface area contributed by atoms with E-state index < -0.39 is 0 Å². The van der Waals surface area contributed by atoms with Crippen molar-refractivity contribution in [2.24, 2.45) is 11.8 Å². The van der Waals surface area contributed by atoms with E-state index in [2.05, 4.69) is 48.5 Å². The van der Waals surface area contributed by atoms with Crippen LogP contribution in [0.25, 0.3) is 0 Å². The van der Waals surface area contributed by atoms with Gasteiger partial charge in [-0.2, -0.15) is 0 Å². The highest BCUT2D eigenvalue weighted by Gasteiger charge is 2.07. The largest absolute Gasteiger partial charge is 0.466 e. The number of esters is 5. The zero-order chi connectivity index (χ0) is 39.6. The van der Waals surface area contributed by atoms with E-state index in [9.17, 15) is 24.0 Å². The van der Waals surface area contributed by atoms with Gasteiger partial charge in [-0.15, -0.1) is 0 Å². The first kappa shape index (κ1) is 56.7. The quantitative estimate of drug-likeness (QED) is 0.0604. The van der Waals surface area contributed by atoms with Crippen molar-refractivity contribution in [3.8, 4) is 0 Å². The van der Waals surface area contributed by atoms with Gasteiger partial charge < -0.3 is 23.7 Å². The first-order chi connectivity index (χ1) is 23.6. The summed E-state index contributed by atoms with van der Waals surface area (Å²) in [6, 6.07) is 0. The molecule has 0 N–H and O–H groups in total. The fourth-order valence-corrected chi connectivity index (χ4v) is 3.62. The van der Waals surface area contributed by atoms with Crippen LogP contribution in [0, 0.1) is 11.8 Å². The molecule has 0 spiro atoms. The molecule has 0 saturated carbocycles. The van der Waals surface area contributed by atoms with Crippen LogP contribution in [0.15, 0.2) is 0 Å². The number of carbonyl (C=O) groups is 5. The molecule has 2 unspecified atom stereocenters. The Morgan fingerprint density at radius 3 is 1.40 bits per heavy atom. The SMILES string of the molecule is CCC(C)CCOC(C)=O.CCC(CC)COC(C)=O.CCCC(CC)OC(C)=O.CCCCCCOC(C)=O.CCCCOC(=O)CCC. The normalized spacial score (nSPS) is 10.8. The predicted octanol–water partition coefficient (Wildman–Crippen LogP) is 10.4. The van der Waals surface area contributed by atoms with E-state index >= 15 is 0 Å². The lowest BCUT2D eigenvalue weighted by molar-refractivity contribution is -0.147. The van der Waals surface area contributed by atoms with Gasteiger partial charge in [-0.25, -0.2) is 0 Å². The van der Waals surface area contributed by atoms with Gasteiger partial charge in [0.1, 0.15) is 6.10 Å². The molecule has 0 fully saturated rings. The van der Waals surface area contributed by atoms with Gasteiger partial charge >= 0.3 is 29.8 Å². The number of hydrogen-bond donors (Lipinski definition) is 0. The fraction of sp³-hybridized carbons (Fsp3) is 0.875. The van der Waals surface area contributed by atoms with Crippen LogP contribution in [0.1, 0.15) is 186 Å². The Labute approximate surface area is 307 Å². The third kappa shape index (κ3) is 60.7. The minimum Gasteiger partial charge on any atom is -0.466 e. The van der Waals surface area contributed by atoms with Crippen molar-refractivity contribution in [3.63, 3.8) is 0 Å². The molecule has 0 aromatic rings. The van der Waals surface area contributed by atoms with Crippen molar-refractivity contribution in [1.82, 2.24) is 0 Å². The highest BCUT2D eigenvalue weighted by molar-refractivity contribution is 5.69. The summed E-state index contributed by atoms with van der Waals surface area (Å²) in [5, 5.41) is 0. The summed E-state index contributed by atoms with van der Waals surface area (Å²) in [5.74, 6) is 0.464. The van der Waals surface area contributed by atoms with E-state index in [-0.39, 0.29) is 36.0 Å². The van der Waals surface area contributed by atoms with E-state index in [0.717, 1.165) is 70.6 Å². The van der Waals surface area contributed by atoms with Crippen molar-refractivity contribution in [2.45, 2.75) is 192 Å². The van der Waals surface area contributed by atoms with Crippen molar-refractivity contribution in [1.29, 1.82) is 0 Å². The summed E-state index contributed by atoms with van der Waals surface area (Å²) in [6.45, 7) is 27.0. The lowest BCUT2D eigenvalue weighted by atomic mass is 10.1. The van der Waals surface area contributed by atoms with Gasteiger partial charge in [0.2, 0.25) is 0 Å². The van der Waals surface area contributed by atoms with Gasteiger partial charge in [-0.05, 0) is 50.4 Å². The number of ether oxygens (including phenoxy) is 5. The molecule has 0 rings (SSSR count). The fourth-order valence-electron chi connectivity index (χ4n) is 3.62. The van der Waals surface area contributed by atoms with Gasteiger partial charge in [-0.3, -0.25) is 24.0 Å². The lowest BCUT2D eigenvalue weighted by Crippen LogP contribution is -2.14. The second-order valence-electron chi connectivity index (χ2n) is 12.3. The Kier molecular flexibility index (Phi) is 52.6. The molecule has 0 heterocycles. The van der Waals surface area contributed by atoms with E-state index in [4.69, 9.17) is 23.7 Å². The molecule has 0 aliphatic carbocycles. The summed E-state index contributed by atoms with van der Waals surface area (Å²) >= 11 is 0. The van der Waals surface area contributed by atoms with Crippen LogP contribution >= 0.6 is 0 Å². The highest BCUT2D eigenvalue weighted by Crippen LogP contribution is 2.08. The molecule has 0 aliphatic heterocycles. The topological polar surface area (TPSA) is 132 Å². The van der Waals surface area contributed by atoms with E-state index in [1.54, 1.807) is 0 Å². The van der Waals surface area contributed by atoms with Gasteiger partial charge in [0.15, 0.2) is 0 Å². The summed E-state index contributed by atoms with van der Waals surface area (Å²) < 4.78 is 24.3. The van der Waals surface area contributed by atoms with Crippen LogP contribution in [0.3, 0.4) is 0 Å². The first-order valence-corrected chi connectivity index (χ1v) is 19.4. The molecule has 0 aliphatic rings. The van der Waals surface area contributed by atoms with Gasteiger partial charge in [0, 0.05) is 34.1 Å². The molecule has 0 aromatic carbocycles. The first-order valence-electron chi connectivity index (χ1n) is 19.4. The standard InChI is InChI=1S/5C8H16O2/c1-4-7(2)5-6-10-8(3)9;1-4-8(5-2)6-10-7(3)9;1-4-6-8(5-2)10-7(3)9;1-3-4-5-6-7-10-8(2)9;1-3-5-7-10-8(9)6-4-2/h7H,4-6H2,1-3H3;2*8H,4-6H2,1-3H3;2*3-7H2,1-2H3. The Morgan fingerprint density at radius 2 is 1.00 bits per heavy atom. The molecule has 0 radical (unpaired) electrons. The summed E-state index contributed by atoms with van der Waals surface area (Å²) in [7, 11) is 0. The summed E-state index contributed by atoms with van der Waals surface area (Å²) in [5.41, 5.74) is 0. The zero-order valence-electron chi connectivity index (χ0n) is 34.7. The minimum absolute atomic E-state index is 0.0593. The Morgan fingerprint density at radius 1 is 0.480 bits per heavy atom. The van der Waals surface area contributed by atoms with E-state index in [0.29, 0.717) is 44.7 Å². The second kappa shape index (κ2) is 46.4. The second-order valence-corrected chi connectivity index (χ2v) is 12.3. The van der Waals surface area contributed by atoms with Crippen molar-refractivity contribution < 1.29 is 47.7 Å². The van der Waals surface area contributed by atoms with Gasteiger partial charge in [-0.1, -0.05) is 114 Å². The molecule has 10 heteroatoms. The molecule has 0 aromatic heterocycles. The Bertz CT molecular complexity index is 765. The molecular formula is C40H80O10. The predicted molar refractivity (Wildman–Crippen MR) is 204 cm³/mol. The van der Waals surface area contributed by atoms with Crippen molar-refractivity contribution >= 4 is 29.8 Å². The molecule has 2 atom stereocenters. The molecular weight excluding hydrogens is 640 g/mol. The van der Waals surface area contributed by atoms with Crippen molar-refractivity contribution in [2.75, 3.05) is 26.4 Å². The Hall–Kier alpha value is -2.65. The molecule has 0 saturated heterocycles. The number of carbonyl (C=O) groups excluding carboxylic acids is 5. The minimum atomic E-state index is -0.177. The van der Waals surface area contributed by atoms with Crippen LogP contribution in [-0.2, 0) is 47.7 Å². The monoisotopic (exact) mass is 721 g/mol. The maximum atomic E-state index is 10.7. The van der Waals surface area contributed by atoms with Crippen molar-refractivity contribution in [3.05, 3.63) is 0 Å². The molecule has 0 bridgehead atoms. The van der Waals surface area contributed by atoms with Crippen LogP contribution in [-0.4, -0.2) is 62.4 Å². The third-order valence-corrected chi connectivity index (χ3v) is 7.21. The van der Waals surface area contributed by atoms with E-state index in [1.807, 2.05) is 13.8 Å². The van der Waals surface area contributed by atoms with Crippen LogP contribution in [0.4, 0.5) is 0 Å². The summed E-state index contributed by atoms with van der Waals surface area (Å²) in [6.07, 6.45) is 15.6. The zero-order valence-corrected chi connectivity index (χ0v) is 34.7. The molecule has 50 heavy (non-hydrogen) atoms. The molecule has 0 amide bonds. The highest BCUT2D eigenvalue weighted by atomic mass is 16.5.